The Hall–Kier alpha value is -1.08. The first kappa shape index (κ1) is 102. The number of halogens is 6. The van der Waals surface area contributed by atoms with Crippen LogP contribution < -0.4 is 0 Å². The Morgan fingerprint density at radius 1 is 0.267 bits per heavy atom. The van der Waals surface area contributed by atoms with Gasteiger partial charge in [-0.2, -0.15) is 0 Å². The molecular weight excluding hydrogens is 1880 g/mol. The van der Waals surface area contributed by atoms with Gasteiger partial charge in [0.25, 0.3) is 0 Å². The van der Waals surface area contributed by atoms with Gasteiger partial charge >= 0.3 is 0 Å². The quantitative estimate of drug-likeness (QED) is 0.0367. The molecule has 9 rings (SSSR count). The average molecular weight is 2020 g/mol. The van der Waals surface area contributed by atoms with Crippen LogP contribution in [-0.4, -0.2) is 285 Å². The summed E-state index contributed by atoms with van der Waals surface area (Å²) in [7, 11) is 0. The Labute approximate surface area is 744 Å². The van der Waals surface area contributed by atoms with Crippen LogP contribution in [0.25, 0.3) is 22.3 Å². The molecule has 116 heavy (non-hydrogen) atoms. The summed E-state index contributed by atoms with van der Waals surface area (Å²) in [5, 5.41) is 11.4. The summed E-state index contributed by atoms with van der Waals surface area (Å²) in [6.07, 6.45) is 23.3. The fraction of sp³-hybridized carbons (Fsp3) is 0.730. The molecule has 3 fully saturated rings. The molecule has 3 heterocycles. The van der Waals surface area contributed by atoms with E-state index < -0.39 is 0 Å². The number of aliphatic hydroxyl groups excluding tert-OH is 1. The van der Waals surface area contributed by atoms with Crippen LogP contribution in [0.15, 0.2) is 90.7 Å². The van der Waals surface area contributed by atoms with Gasteiger partial charge in [-0.05, 0) is 144 Å². The third kappa shape index (κ3) is 41.4. The van der Waals surface area contributed by atoms with Crippen molar-refractivity contribution in [2.45, 2.75) is 158 Å². The lowest BCUT2D eigenvalue weighted by atomic mass is 9.70. The maximum Gasteiger partial charge on any atom is 0.104 e. The van der Waals surface area contributed by atoms with E-state index >= 15 is 0 Å². The molecule has 660 valence electrons. The minimum absolute atomic E-state index is 0.0452. The number of unbranched alkanes of at least 4 members (excludes halogenated alkanes) is 12. The highest BCUT2D eigenvalue weighted by Gasteiger charge is 2.44. The summed E-state index contributed by atoms with van der Waals surface area (Å²) in [5.41, 5.74) is 11.7. The molecule has 4 aromatic rings. The van der Waals surface area contributed by atoms with Crippen LogP contribution in [0.1, 0.15) is 151 Å². The Kier molecular flexibility index (Phi) is 58.4. The predicted octanol–water partition coefficient (Wildman–Crippen LogP) is 18.0. The molecule has 21 nitrogen and oxygen atoms in total. The van der Waals surface area contributed by atoms with Gasteiger partial charge in [-0.15, -0.1) is 0 Å². The second kappa shape index (κ2) is 66.4. The van der Waals surface area contributed by atoms with E-state index in [4.69, 9.17) is 99.8 Å². The average Bonchev–Trinajstić information content (AvgIpc) is 1.57. The number of hydrogen-bond acceptors (Lipinski definition) is 21. The van der Waals surface area contributed by atoms with Gasteiger partial charge in [0, 0.05) is 52.6 Å². The van der Waals surface area contributed by atoms with Gasteiger partial charge in [-0.25, -0.2) is 0 Å². The van der Waals surface area contributed by atoms with Crippen LogP contribution in [0, 0.1) is 0 Å². The lowest BCUT2D eigenvalue weighted by molar-refractivity contribution is -0.0846. The van der Waals surface area contributed by atoms with Gasteiger partial charge in [0.1, 0.15) is 18.3 Å². The summed E-state index contributed by atoms with van der Waals surface area (Å²) in [6.45, 7) is 19.0. The van der Waals surface area contributed by atoms with Crippen molar-refractivity contribution in [2.75, 3.05) is 262 Å². The van der Waals surface area contributed by atoms with Crippen LogP contribution in [0.2, 0.25) is 0 Å². The van der Waals surface area contributed by atoms with Crippen molar-refractivity contribution >= 4 is 95.6 Å². The Morgan fingerprint density at radius 2 is 0.483 bits per heavy atom. The van der Waals surface area contributed by atoms with Crippen LogP contribution in [0.5, 0.6) is 0 Å². The maximum absolute atomic E-state index is 9.13. The zero-order chi connectivity index (χ0) is 81.7. The fourth-order valence-electron chi connectivity index (χ4n) is 14.9. The Balaban J connectivity index is 0.000000307. The largest absolute Gasteiger partial charge is 0.394 e. The SMILES string of the molecule is BrCCCCCCC1(CCCCCCBr)c2cc(Br)ccc2-c2ccc(Br)cc21.Brc1ccc2c(c1)C(CCCCCCOCC1COCCOCCOCCOCCOCCO1)(CCCCCCOCC1COCCOCCOCCOCCOCCO1)c1cc(Br)ccc1-2.OCC1COCCOCCOCCOCCOCCO1. The van der Waals surface area contributed by atoms with Gasteiger partial charge < -0.3 is 99.8 Å². The third-order valence-corrected chi connectivity index (χ3v) is 23.9. The topological polar surface area (TPSA) is 205 Å². The van der Waals surface area contributed by atoms with E-state index in [1.807, 2.05) is 0 Å². The molecule has 0 radical (unpaired) electrons. The van der Waals surface area contributed by atoms with E-state index in [0.717, 1.165) is 83.8 Å². The lowest BCUT2D eigenvalue weighted by Crippen LogP contribution is -2.28. The van der Waals surface area contributed by atoms with E-state index in [1.165, 1.54) is 107 Å². The van der Waals surface area contributed by atoms with Gasteiger partial charge in [-0.3, -0.25) is 0 Å². The number of alkyl halides is 2. The first-order chi connectivity index (χ1) is 57.2. The van der Waals surface area contributed by atoms with Crippen molar-refractivity contribution in [1.82, 2.24) is 0 Å². The number of hydrogen-bond donors (Lipinski definition) is 1. The highest BCUT2D eigenvalue weighted by molar-refractivity contribution is 9.11. The molecule has 5 aliphatic rings. The molecule has 3 saturated heterocycles. The van der Waals surface area contributed by atoms with Crippen molar-refractivity contribution in [3.05, 3.63) is 113 Å². The zero-order valence-electron chi connectivity index (χ0n) is 69.0. The normalized spacial score (nSPS) is 20.9. The van der Waals surface area contributed by atoms with E-state index in [0.29, 0.717) is 244 Å². The third-order valence-electron chi connectivity index (χ3n) is 20.8. The monoisotopic (exact) mass is 2010 g/mol. The number of aliphatic hydroxyl groups is 1. The molecule has 3 unspecified atom stereocenters. The molecule has 0 bridgehead atoms. The molecule has 0 amide bonds. The van der Waals surface area contributed by atoms with Crippen LogP contribution in [0.3, 0.4) is 0 Å². The number of rotatable bonds is 31. The summed E-state index contributed by atoms with van der Waals surface area (Å²) in [5.74, 6) is 0. The number of ether oxygens (including phenoxy) is 20. The maximum atomic E-state index is 9.13. The highest BCUT2D eigenvalue weighted by atomic mass is 79.9. The molecule has 0 aromatic heterocycles. The standard InChI is InChI=1S/C51H80Br2O14.C25H30Br4.C13H26O7/c52-43-9-11-47-48-12-10-44(53)38-50(48)51(49(47)37-43,13-5-1-3-7-15-62-39-45-41-64-31-29-58-23-21-54-17-19-56-25-27-60-33-35-66-45)14-6-2-4-8-16-63-40-46-42-65-32-30-59-24-22-55-18-20-57-26-28-61-34-36-67-46;26-15-7-3-1-5-13-25(14-6-2-4-8-16-27)23-17-19(28)9-11-21(23)22-12-10-20(29)18-24(22)25;14-11-13-12-19-8-7-17-4-3-15-1-2-16-5-6-18-9-10-20-13/h9-12,37-38,45-46H,1-8,13-36,39-42H2;9-12,17-18H,1-8,13-16H2;13-14H,1-12H2. The smallest absolute Gasteiger partial charge is 0.104 e. The second-order valence-corrected chi connectivity index (χ2v) is 34.6. The van der Waals surface area contributed by atoms with Crippen molar-refractivity contribution in [3.8, 4) is 22.3 Å². The van der Waals surface area contributed by atoms with Crippen molar-refractivity contribution in [2.24, 2.45) is 0 Å². The number of fused-ring (bicyclic) bond motifs is 6. The van der Waals surface area contributed by atoms with Gasteiger partial charge in [0.2, 0.25) is 0 Å². The highest BCUT2D eigenvalue weighted by Crippen LogP contribution is 2.57. The summed E-state index contributed by atoms with van der Waals surface area (Å²) < 4.78 is 118. The predicted molar refractivity (Wildman–Crippen MR) is 476 cm³/mol. The van der Waals surface area contributed by atoms with E-state index in [9.17, 15) is 0 Å². The fourth-order valence-corrected chi connectivity index (χ4v) is 17.1. The minimum Gasteiger partial charge on any atom is -0.394 e. The molecule has 27 heteroatoms. The molecular formula is C89H136Br6O21. The van der Waals surface area contributed by atoms with Gasteiger partial charge in [0.15, 0.2) is 0 Å². The van der Waals surface area contributed by atoms with E-state index in [2.05, 4.69) is 168 Å². The first-order valence-corrected chi connectivity index (χ1v) is 48.2. The van der Waals surface area contributed by atoms with Crippen LogP contribution in [0.4, 0.5) is 0 Å². The van der Waals surface area contributed by atoms with Crippen molar-refractivity contribution in [3.63, 3.8) is 0 Å². The molecule has 3 atom stereocenters. The second-order valence-electron chi connectivity index (χ2n) is 29.3. The zero-order valence-corrected chi connectivity index (χ0v) is 78.5. The summed E-state index contributed by atoms with van der Waals surface area (Å²) >= 11 is 22.3. The molecule has 0 spiro atoms. The lowest BCUT2D eigenvalue weighted by Gasteiger charge is -2.33. The van der Waals surface area contributed by atoms with E-state index in [1.54, 1.807) is 11.1 Å². The summed E-state index contributed by atoms with van der Waals surface area (Å²) in [6, 6.07) is 27.6. The molecule has 4 aromatic carbocycles. The van der Waals surface area contributed by atoms with E-state index in [-0.39, 0.29) is 35.7 Å². The van der Waals surface area contributed by atoms with Gasteiger partial charge in [-0.1, -0.05) is 197 Å². The minimum atomic E-state index is -0.322. The van der Waals surface area contributed by atoms with Crippen LogP contribution >= 0.6 is 95.6 Å². The Morgan fingerprint density at radius 3 is 0.733 bits per heavy atom. The van der Waals surface area contributed by atoms with Crippen LogP contribution in [-0.2, 0) is 106 Å². The van der Waals surface area contributed by atoms with Crippen molar-refractivity contribution in [1.29, 1.82) is 0 Å². The molecule has 3 aliphatic heterocycles. The number of benzene rings is 4. The Bertz CT molecular complexity index is 2860. The van der Waals surface area contributed by atoms with Crippen molar-refractivity contribution < 1.29 is 99.8 Å². The molecule has 2 aliphatic carbocycles. The first-order valence-electron chi connectivity index (χ1n) is 42.8. The summed E-state index contributed by atoms with van der Waals surface area (Å²) in [4.78, 5) is 0. The molecule has 1 N–H and O–H groups in total. The molecule has 0 saturated carbocycles. The van der Waals surface area contributed by atoms with Gasteiger partial charge in [0.05, 0.1) is 238 Å².